The maximum absolute atomic E-state index is 5.12. The summed E-state index contributed by atoms with van der Waals surface area (Å²) in [4.78, 5) is 8.44. The molecule has 78 valence electrons. The van der Waals surface area contributed by atoms with Crippen LogP contribution in [0.5, 0.6) is 0 Å². The highest BCUT2D eigenvalue weighted by Crippen LogP contribution is 2.21. The van der Waals surface area contributed by atoms with Gasteiger partial charge in [-0.25, -0.2) is 0 Å². The number of rotatable bonds is 1. The molecule has 3 rings (SSSR count). The summed E-state index contributed by atoms with van der Waals surface area (Å²) in [6.07, 6.45) is 1.78. The molecule has 0 aliphatic rings. The molecule has 0 saturated heterocycles. The molecule has 2 aromatic heterocycles. The van der Waals surface area contributed by atoms with Gasteiger partial charge in [-0.05, 0) is 31.2 Å². The van der Waals surface area contributed by atoms with Gasteiger partial charge in [0.05, 0.1) is 5.52 Å². The van der Waals surface area contributed by atoms with Gasteiger partial charge in [0, 0.05) is 17.1 Å². The summed E-state index contributed by atoms with van der Waals surface area (Å²) < 4.78 is 5.12. The molecule has 0 radical (unpaired) electrons. The lowest BCUT2D eigenvalue weighted by Crippen LogP contribution is -1.81. The van der Waals surface area contributed by atoms with Gasteiger partial charge in [0.25, 0.3) is 5.89 Å². The van der Waals surface area contributed by atoms with E-state index in [1.807, 2.05) is 30.3 Å². The van der Waals surface area contributed by atoms with Gasteiger partial charge in [0.1, 0.15) is 0 Å². The molecule has 2 heterocycles. The van der Waals surface area contributed by atoms with Crippen LogP contribution < -0.4 is 0 Å². The Kier molecular flexibility index (Phi) is 1.93. The van der Waals surface area contributed by atoms with Gasteiger partial charge >= 0.3 is 0 Å². The number of hydrogen-bond acceptors (Lipinski definition) is 4. The molecular formula is C12H9N3O. The van der Waals surface area contributed by atoms with E-state index in [2.05, 4.69) is 15.1 Å². The highest BCUT2D eigenvalue weighted by atomic mass is 16.5. The Morgan fingerprint density at radius 2 is 2.12 bits per heavy atom. The van der Waals surface area contributed by atoms with Crippen molar-refractivity contribution in [3.63, 3.8) is 0 Å². The zero-order valence-electron chi connectivity index (χ0n) is 8.71. The van der Waals surface area contributed by atoms with E-state index in [1.54, 1.807) is 13.1 Å². The average molecular weight is 211 g/mol. The normalized spacial score (nSPS) is 10.8. The molecule has 0 aliphatic carbocycles. The molecule has 0 spiro atoms. The van der Waals surface area contributed by atoms with Crippen molar-refractivity contribution in [2.24, 2.45) is 0 Å². The van der Waals surface area contributed by atoms with E-state index < -0.39 is 0 Å². The van der Waals surface area contributed by atoms with Crippen molar-refractivity contribution in [2.75, 3.05) is 0 Å². The van der Waals surface area contributed by atoms with Crippen molar-refractivity contribution in [3.8, 4) is 11.5 Å². The first-order chi connectivity index (χ1) is 7.83. The van der Waals surface area contributed by atoms with Crippen molar-refractivity contribution >= 4 is 10.9 Å². The number of aryl methyl sites for hydroxylation is 1. The first-order valence-electron chi connectivity index (χ1n) is 4.98. The molecule has 0 unspecified atom stereocenters. The maximum atomic E-state index is 5.12. The molecular weight excluding hydrogens is 202 g/mol. The Morgan fingerprint density at radius 1 is 1.19 bits per heavy atom. The molecule has 3 aromatic rings. The van der Waals surface area contributed by atoms with Crippen molar-refractivity contribution in [3.05, 3.63) is 42.4 Å². The fourth-order valence-corrected chi connectivity index (χ4v) is 1.62. The number of hydrogen-bond donors (Lipinski definition) is 0. The zero-order valence-corrected chi connectivity index (χ0v) is 8.71. The molecule has 4 nitrogen and oxygen atoms in total. The predicted molar refractivity (Wildman–Crippen MR) is 59.8 cm³/mol. The van der Waals surface area contributed by atoms with Gasteiger partial charge in [0.2, 0.25) is 0 Å². The van der Waals surface area contributed by atoms with Gasteiger partial charge in [-0.1, -0.05) is 11.2 Å². The smallest absolute Gasteiger partial charge is 0.257 e. The van der Waals surface area contributed by atoms with E-state index in [0.717, 1.165) is 16.5 Å². The van der Waals surface area contributed by atoms with Crippen molar-refractivity contribution < 1.29 is 4.52 Å². The van der Waals surface area contributed by atoms with Crippen molar-refractivity contribution in [1.29, 1.82) is 0 Å². The third-order valence-electron chi connectivity index (χ3n) is 2.38. The molecule has 0 atom stereocenters. The summed E-state index contributed by atoms with van der Waals surface area (Å²) in [6, 6.07) is 9.79. The summed E-state index contributed by atoms with van der Waals surface area (Å²) in [6.45, 7) is 1.80. The summed E-state index contributed by atoms with van der Waals surface area (Å²) >= 11 is 0. The Balaban J connectivity index is 2.18. The second-order valence-electron chi connectivity index (χ2n) is 3.56. The van der Waals surface area contributed by atoms with Crippen LogP contribution in [0.4, 0.5) is 0 Å². The molecule has 1 aromatic carbocycles. The molecule has 4 heteroatoms. The minimum Gasteiger partial charge on any atom is -0.334 e. The Labute approximate surface area is 91.9 Å². The number of aromatic nitrogens is 3. The van der Waals surface area contributed by atoms with Crippen LogP contribution in [0.25, 0.3) is 22.4 Å². The minimum absolute atomic E-state index is 0.545. The van der Waals surface area contributed by atoms with E-state index in [1.165, 1.54) is 0 Å². The van der Waals surface area contributed by atoms with Gasteiger partial charge < -0.3 is 4.52 Å². The highest BCUT2D eigenvalue weighted by Gasteiger charge is 2.06. The molecule has 0 fully saturated rings. The third-order valence-corrected chi connectivity index (χ3v) is 2.38. The van der Waals surface area contributed by atoms with E-state index >= 15 is 0 Å². The van der Waals surface area contributed by atoms with E-state index in [4.69, 9.17) is 4.52 Å². The van der Waals surface area contributed by atoms with Crippen LogP contribution in [0.3, 0.4) is 0 Å². The number of nitrogens with zero attached hydrogens (tertiary/aromatic N) is 3. The lowest BCUT2D eigenvalue weighted by molar-refractivity contribution is 0.425. The van der Waals surface area contributed by atoms with Crippen LogP contribution in [0, 0.1) is 6.92 Å². The van der Waals surface area contributed by atoms with E-state index in [-0.39, 0.29) is 0 Å². The fourth-order valence-electron chi connectivity index (χ4n) is 1.62. The topological polar surface area (TPSA) is 51.8 Å². The van der Waals surface area contributed by atoms with Crippen LogP contribution >= 0.6 is 0 Å². The third kappa shape index (κ3) is 1.44. The van der Waals surface area contributed by atoms with Gasteiger partial charge in [0.15, 0.2) is 5.82 Å². The van der Waals surface area contributed by atoms with Gasteiger partial charge in [-0.3, -0.25) is 4.98 Å². The average Bonchev–Trinajstić information content (AvgIpc) is 2.75. The molecule has 16 heavy (non-hydrogen) atoms. The Bertz CT molecular complexity index is 645. The van der Waals surface area contributed by atoms with Gasteiger partial charge in [-0.15, -0.1) is 0 Å². The number of fused-ring (bicyclic) bond motifs is 1. The molecule has 0 N–H and O–H groups in total. The van der Waals surface area contributed by atoms with E-state index in [0.29, 0.717) is 11.7 Å². The lowest BCUT2D eigenvalue weighted by atomic mass is 10.1. The standard InChI is InChI=1S/C12H9N3O/c1-8-14-12(16-15-8)10-4-5-11-9(7-10)3-2-6-13-11/h2-7H,1H3. The number of pyridine rings is 1. The quantitative estimate of drug-likeness (QED) is 0.620. The summed E-state index contributed by atoms with van der Waals surface area (Å²) in [5.74, 6) is 1.18. The van der Waals surface area contributed by atoms with Crippen LogP contribution in [0.15, 0.2) is 41.1 Å². The summed E-state index contributed by atoms with van der Waals surface area (Å²) in [7, 11) is 0. The van der Waals surface area contributed by atoms with Crippen LogP contribution in [0.1, 0.15) is 5.82 Å². The Morgan fingerprint density at radius 3 is 2.94 bits per heavy atom. The molecule has 0 amide bonds. The van der Waals surface area contributed by atoms with Crippen LogP contribution in [-0.4, -0.2) is 15.1 Å². The fraction of sp³-hybridized carbons (Fsp3) is 0.0833. The predicted octanol–water partition coefficient (Wildman–Crippen LogP) is 2.59. The largest absolute Gasteiger partial charge is 0.334 e. The molecule has 0 bridgehead atoms. The summed E-state index contributed by atoms with van der Waals surface area (Å²) in [5, 5.41) is 4.84. The minimum atomic E-state index is 0.545. The number of benzene rings is 1. The molecule has 0 aliphatic heterocycles. The highest BCUT2D eigenvalue weighted by molar-refractivity contribution is 5.82. The molecule has 0 saturated carbocycles. The van der Waals surface area contributed by atoms with Crippen molar-refractivity contribution in [2.45, 2.75) is 6.92 Å². The maximum Gasteiger partial charge on any atom is 0.257 e. The van der Waals surface area contributed by atoms with Crippen LogP contribution in [0.2, 0.25) is 0 Å². The SMILES string of the molecule is Cc1noc(-c2ccc3ncccc3c2)n1. The Hall–Kier alpha value is -2.23. The van der Waals surface area contributed by atoms with Gasteiger partial charge in [-0.2, -0.15) is 4.98 Å². The van der Waals surface area contributed by atoms with E-state index in [9.17, 15) is 0 Å². The first-order valence-corrected chi connectivity index (χ1v) is 4.98. The monoisotopic (exact) mass is 211 g/mol. The second-order valence-corrected chi connectivity index (χ2v) is 3.56. The lowest BCUT2D eigenvalue weighted by Gasteiger charge is -1.98. The summed E-state index contributed by atoms with van der Waals surface area (Å²) in [5.41, 5.74) is 1.88. The first kappa shape index (κ1) is 9.03. The zero-order chi connectivity index (χ0) is 11.0. The van der Waals surface area contributed by atoms with Crippen LogP contribution in [-0.2, 0) is 0 Å². The second kappa shape index (κ2) is 3.41. The van der Waals surface area contributed by atoms with Crippen molar-refractivity contribution in [1.82, 2.24) is 15.1 Å².